The molecule has 2 aliphatic carbocycles. The maximum atomic E-state index is 6.42. The van der Waals surface area contributed by atoms with Crippen molar-refractivity contribution in [2.24, 2.45) is 11.8 Å². The molecule has 0 aliphatic heterocycles. The molecule has 2 aromatic carbocycles. The molecule has 3 nitrogen and oxygen atoms in total. The molecule has 0 aromatic heterocycles. The molecule has 150 valence electrons. The Balaban J connectivity index is 1.41. The standard InChI is InChI=1S/C25H32O3/c1-3-18(2)20-11-13-23(14-12-20)27-25(17-26-22-7-5-4-6-8-22)28-24-16-19-9-10-21(24)15-19/h4-8,11-14,18-19,21,24-25H,3,9-10,15-17H2,1-2H3. The molecule has 28 heavy (non-hydrogen) atoms. The Hall–Kier alpha value is -2.00. The summed E-state index contributed by atoms with van der Waals surface area (Å²) in [6.45, 7) is 4.87. The van der Waals surface area contributed by atoms with Crippen LogP contribution in [0.25, 0.3) is 0 Å². The number of fused-ring (bicyclic) bond motifs is 2. The highest BCUT2D eigenvalue weighted by molar-refractivity contribution is 5.29. The number of para-hydroxylation sites is 1. The number of hydrogen-bond donors (Lipinski definition) is 0. The molecule has 5 unspecified atom stereocenters. The van der Waals surface area contributed by atoms with Crippen LogP contribution in [0.1, 0.15) is 57.4 Å². The van der Waals surface area contributed by atoms with Crippen LogP contribution in [0.3, 0.4) is 0 Å². The topological polar surface area (TPSA) is 27.7 Å². The summed E-state index contributed by atoms with van der Waals surface area (Å²) in [5.74, 6) is 3.80. The van der Waals surface area contributed by atoms with Crippen molar-refractivity contribution in [2.45, 2.75) is 64.3 Å². The Morgan fingerprint density at radius 1 is 0.929 bits per heavy atom. The van der Waals surface area contributed by atoms with Gasteiger partial charge in [0.15, 0.2) is 6.61 Å². The Morgan fingerprint density at radius 3 is 2.36 bits per heavy atom. The van der Waals surface area contributed by atoms with Gasteiger partial charge in [-0.05, 0) is 79.7 Å². The smallest absolute Gasteiger partial charge is 0.234 e. The first-order valence-electron chi connectivity index (χ1n) is 10.8. The minimum absolute atomic E-state index is 0.308. The fourth-order valence-corrected chi connectivity index (χ4v) is 4.59. The van der Waals surface area contributed by atoms with Crippen LogP contribution >= 0.6 is 0 Å². The second kappa shape index (κ2) is 9.00. The van der Waals surface area contributed by atoms with E-state index in [2.05, 4.69) is 38.1 Å². The number of rotatable bonds is 9. The van der Waals surface area contributed by atoms with Gasteiger partial charge in [-0.25, -0.2) is 0 Å². The Bertz CT molecular complexity index is 727. The highest BCUT2D eigenvalue weighted by Gasteiger charge is 2.41. The molecule has 4 rings (SSSR count). The van der Waals surface area contributed by atoms with Crippen LogP contribution in [0.2, 0.25) is 0 Å². The van der Waals surface area contributed by atoms with Crippen molar-refractivity contribution in [1.82, 2.24) is 0 Å². The van der Waals surface area contributed by atoms with Crippen LogP contribution in [0.5, 0.6) is 11.5 Å². The maximum Gasteiger partial charge on any atom is 0.234 e. The summed E-state index contributed by atoms with van der Waals surface area (Å²) >= 11 is 0. The zero-order chi connectivity index (χ0) is 19.3. The van der Waals surface area contributed by atoms with Crippen LogP contribution in [0, 0.1) is 11.8 Å². The van der Waals surface area contributed by atoms with Gasteiger partial charge in [-0.3, -0.25) is 0 Å². The minimum Gasteiger partial charge on any atom is -0.487 e. The molecule has 3 heteroatoms. The van der Waals surface area contributed by atoms with E-state index in [1.807, 2.05) is 30.3 Å². The number of benzene rings is 2. The Labute approximate surface area is 169 Å². The lowest BCUT2D eigenvalue weighted by molar-refractivity contribution is -0.148. The molecule has 0 N–H and O–H groups in total. The Kier molecular flexibility index (Phi) is 6.21. The molecule has 2 aliphatic rings. The summed E-state index contributed by atoms with van der Waals surface area (Å²) in [5, 5.41) is 0. The average Bonchev–Trinajstić information content (AvgIpc) is 3.36. The fraction of sp³-hybridized carbons (Fsp3) is 0.520. The van der Waals surface area contributed by atoms with Crippen molar-refractivity contribution in [3.63, 3.8) is 0 Å². The third kappa shape index (κ3) is 4.70. The van der Waals surface area contributed by atoms with E-state index in [-0.39, 0.29) is 6.29 Å². The van der Waals surface area contributed by atoms with E-state index in [1.54, 1.807) is 0 Å². The SMILES string of the molecule is CCC(C)c1ccc(OC(COc2ccccc2)OC2CC3CCC2C3)cc1. The first kappa shape index (κ1) is 19.3. The molecule has 2 aromatic rings. The average molecular weight is 381 g/mol. The van der Waals surface area contributed by atoms with E-state index in [1.165, 1.54) is 31.2 Å². The summed E-state index contributed by atoms with van der Waals surface area (Å²) < 4.78 is 18.6. The van der Waals surface area contributed by atoms with Gasteiger partial charge >= 0.3 is 0 Å². The van der Waals surface area contributed by atoms with Crippen molar-refractivity contribution in [2.75, 3.05) is 6.61 Å². The van der Waals surface area contributed by atoms with Crippen LogP contribution < -0.4 is 9.47 Å². The molecule has 0 heterocycles. The van der Waals surface area contributed by atoms with Gasteiger partial charge in [-0.15, -0.1) is 0 Å². The molecule has 5 atom stereocenters. The fourth-order valence-electron chi connectivity index (χ4n) is 4.59. The van der Waals surface area contributed by atoms with E-state index in [4.69, 9.17) is 14.2 Å². The van der Waals surface area contributed by atoms with Gasteiger partial charge in [0.2, 0.25) is 6.29 Å². The predicted octanol–water partition coefficient (Wildman–Crippen LogP) is 6.19. The molecule has 0 amide bonds. The summed E-state index contributed by atoms with van der Waals surface area (Å²) in [5.41, 5.74) is 1.35. The highest BCUT2D eigenvalue weighted by atomic mass is 16.7. The third-order valence-electron chi connectivity index (χ3n) is 6.46. The van der Waals surface area contributed by atoms with Gasteiger partial charge in [0.05, 0.1) is 6.10 Å². The molecule has 2 bridgehead atoms. The highest BCUT2D eigenvalue weighted by Crippen LogP contribution is 2.46. The lowest BCUT2D eigenvalue weighted by Gasteiger charge is -2.28. The Morgan fingerprint density at radius 2 is 1.71 bits per heavy atom. The molecule has 0 spiro atoms. The lowest BCUT2D eigenvalue weighted by Crippen LogP contribution is -2.34. The van der Waals surface area contributed by atoms with Crippen LogP contribution in [0.4, 0.5) is 0 Å². The van der Waals surface area contributed by atoms with E-state index in [0.29, 0.717) is 24.5 Å². The van der Waals surface area contributed by atoms with Crippen LogP contribution in [-0.4, -0.2) is 19.0 Å². The van der Waals surface area contributed by atoms with Crippen LogP contribution in [0.15, 0.2) is 54.6 Å². The second-order valence-electron chi connectivity index (χ2n) is 8.40. The van der Waals surface area contributed by atoms with Gasteiger partial charge in [0.1, 0.15) is 11.5 Å². The molecule has 0 radical (unpaired) electrons. The monoisotopic (exact) mass is 380 g/mol. The normalized spacial score (nSPS) is 25.4. The molecular formula is C25H32O3. The lowest BCUT2D eigenvalue weighted by atomic mass is 9.98. The molecule has 2 saturated carbocycles. The van der Waals surface area contributed by atoms with Crippen LogP contribution in [-0.2, 0) is 4.74 Å². The van der Waals surface area contributed by atoms with E-state index >= 15 is 0 Å². The predicted molar refractivity (Wildman–Crippen MR) is 112 cm³/mol. The maximum absolute atomic E-state index is 6.42. The first-order valence-corrected chi connectivity index (χ1v) is 10.8. The van der Waals surface area contributed by atoms with Gasteiger partial charge in [0.25, 0.3) is 0 Å². The summed E-state index contributed by atoms with van der Waals surface area (Å²) in [6, 6.07) is 18.3. The van der Waals surface area contributed by atoms with Crippen molar-refractivity contribution >= 4 is 0 Å². The van der Waals surface area contributed by atoms with Gasteiger partial charge in [0, 0.05) is 0 Å². The molecule has 2 fully saturated rings. The van der Waals surface area contributed by atoms with Crippen molar-refractivity contribution in [3.8, 4) is 11.5 Å². The summed E-state index contributed by atoms with van der Waals surface area (Å²) in [4.78, 5) is 0. The molecule has 0 saturated heterocycles. The number of hydrogen-bond acceptors (Lipinski definition) is 3. The number of ether oxygens (including phenoxy) is 3. The van der Waals surface area contributed by atoms with Gasteiger partial charge < -0.3 is 14.2 Å². The third-order valence-corrected chi connectivity index (χ3v) is 6.46. The minimum atomic E-state index is -0.390. The van der Waals surface area contributed by atoms with Crippen molar-refractivity contribution < 1.29 is 14.2 Å². The molecular weight excluding hydrogens is 348 g/mol. The first-order chi connectivity index (χ1) is 13.7. The van der Waals surface area contributed by atoms with Crippen molar-refractivity contribution in [3.05, 3.63) is 60.2 Å². The summed E-state index contributed by atoms with van der Waals surface area (Å²) in [6.07, 6.45) is 6.21. The van der Waals surface area contributed by atoms with E-state index in [9.17, 15) is 0 Å². The summed E-state index contributed by atoms with van der Waals surface area (Å²) in [7, 11) is 0. The van der Waals surface area contributed by atoms with Gasteiger partial charge in [-0.1, -0.05) is 44.2 Å². The van der Waals surface area contributed by atoms with E-state index < -0.39 is 0 Å². The zero-order valence-corrected chi connectivity index (χ0v) is 17.1. The van der Waals surface area contributed by atoms with Gasteiger partial charge in [-0.2, -0.15) is 0 Å². The quantitative estimate of drug-likeness (QED) is 0.486. The van der Waals surface area contributed by atoms with E-state index in [0.717, 1.165) is 23.8 Å². The van der Waals surface area contributed by atoms with Crippen molar-refractivity contribution in [1.29, 1.82) is 0 Å². The largest absolute Gasteiger partial charge is 0.487 e. The second-order valence-corrected chi connectivity index (χ2v) is 8.40. The zero-order valence-electron chi connectivity index (χ0n) is 17.1.